The first-order chi connectivity index (χ1) is 7.56. The van der Waals surface area contributed by atoms with Crippen molar-refractivity contribution in [2.45, 2.75) is 30.4 Å². The van der Waals surface area contributed by atoms with E-state index in [9.17, 15) is 5.11 Å². The summed E-state index contributed by atoms with van der Waals surface area (Å²) in [5.41, 5.74) is 8.24. The highest BCUT2D eigenvalue weighted by molar-refractivity contribution is 7.99. The zero-order valence-electron chi connectivity index (χ0n) is 9.27. The number of nitrogens with one attached hydrogen (secondary N) is 1. The average Bonchev–Trinajstić information content (AvgIpc) is 2.58. The van der Waals surface area contributed by atoms with Crippen molar-refractivity contribution in [2.24, 2.45) is 0 Å². The molecule has 2 atom stereocenters. The molecule has 0 aliphatic heterocycles. The molecule has 4 nitrogen and oxygen atoms in total. The van der Waals surface area contributed by atoms with E-state index in [2.05, 4.69) is 9.97 Å². The van der Waals surface area contributed by atoms with Crippen LogP contribution in [0.4, 0.5) is 5.69 Å². The summed E-state index contributed by atoms with van der Waals surface area (Å²) in [6.07, 6.45) is -0.358. The number of H-pyrrole nitrogens is 1. The first-order valence-corrected chi connectivity index (χ1v) is 6.04. The van der Waals surface area contributed by atoms with Crippen molar-refractivity contribution in [3.8, 4) is 0 Å². The number of nitrogens with two attached hydrogens (primary N) is 1. The van der Waals surface area contributed by atoms with Gasteiger partial charge in [-0.1, -0.05) is 18.7 Å². The zero-order chi connectivity index (χ0) is 11.7. The van der Waals surface area contributed by atoms with Gasteiger partial charge in [-0.15, -0.1) is 0 Å². The SMILES string of the molecule is CC(O)C(C)Sc1nc2ccc(N)cc2[nH]1. The number of benzene rings is 1. The van der Waals surface area contributed by atoms with Crippen molar-refractivity contribution in [1.29, 1.82) is 0 Å². The summed E-state index contributed by atoms with van der Waals surface area (Å²) < 4.78 is 0. The van der Waals surface area contributed by atoms with Gasteiger partial charge in [0.1, 0.15) is 0 Å². The van der Waals surface area contributed by atoms with Crippen molar-refractivity contribution in [3.63, 3.8) is 0 Å². The van der Waals surface area contributed by atoms with Gasteiger partial charge in [-0.25, -0.2) is 4.98 Å². The molecule has 2 unspecified atom stereocenters. The molecule has 1 aromatic carbocycles. The number of aliphatic hydroxyl groups is 1. The van der Waals surface area contributed by atoms with E-state index in [1.807, 2.05) is 25.1 Å². The lowest BCUT2D eigenvalue weighted by atomic mass is 10.3. The number of fused-ring (bicyclic) bond motifs is 1. The van der Waals surface area contributed by atoms with Crippen LogP contribution in [0.5, 0.6) is 0 Å². The van der Waals surface area contributed by atoms with Crippen molar-refractivity contribution >= 4 is 28.5 Å². The Kier molecular flexibility index (Phi) is 3.07. The first-order valence-electron chi connectivity index (χ1n) is 5.16. The second kappa shape index (κ2) is 4.35. The topological polar surface area (TPSA) is 74.9 Å². The lowest BCUT2D eigenvalue weighted by Crippen LogP contribution is -2.15. The number of nitrogens with zero attached hydrogens (tertiary/aromatic N) is 1. The van der Waals surface area contributed by atoms with E-state index in [0.29, 0.717) is 0 Å². The Labute approximate surface area is 98.3 Å². The molecule has 0 saturated heterocycles. The van der Waals surface area contributed by atoms with Crippen LogP contribution in [0.25, 0.3) is 11.0 Å². The summed E-state index contributed by atoms with van der Waals surface area (Å²) in [6.45, 7) is 3.75. The van der Waals surface area contributed by atoms with E-state index < -0.39 is 0 Å². The summed E-state index contributed by atoms with van der Waals surface area (Å²) in [5.74, 6) is 0. The van der Waals surface area contributed by atoms with E-state index in [4.69, 9.17) is 5.73 Å². The molecule has 2 aromatic rings. The first kappa shape index (κ1) is 11.3. The minimum absolute atomic E-state index is 0.109. The third-order valence-corrected chi connectivity index (χ3v) is 3.64. The molecule has 0 aliphatic rings. The van der Waals surface area contributed by atoms with Crippen molar-refractivity contribution < 1.29 is 5.11 Å². The molecule has 4 N–H and O–H groups in total. The average molecular weight is 237 g/mol. The van der Waals surface area contributed by atoms with Crippen molar-refractivity contribution in [2.75, 3.05) is 5.73 Å². The van der Waals surface area contributed by atoms with Gasteiger partial charge in [-0.3, -0.25) is 0 Å². The number of aliphatic hydroxyl groups excluding tert-OH is 1. The molecule has 0 spiro atoms. The molecule has 0 fully saturated rings. The highest BCUT2D eigenvalue weighted by Gasteiger charge is 2.13. The molecule has 1 heterocycles. The molecule has 0 bridgehead atoms. The van der Waals surface area contributed by atoms with Crippen LogP contribution in [0, 0.1) is 0 Å². The van der Waals surface area contributed by atoms with Gasteiger partial charge in [-0.05, 0) is 25.1 Å². The summed E-state index contributed by atoms with van der Waals surface area (Å²) in [5, 5.41) is 10.3. The van der Waals surface area contributed by atoms with Crippen LogP contribution >= 0.6 is 11.8 Å². The van der Waals surface area contributed by atoms with Gasteiger partial charge in [-0.2, -0.15) is 0 Å². The van der Waals surface area contributed by atoms with Crippen LogP contribution in [0.3, 0.4) is 0 Å². The predicted octanol–water partition coefficient (Wildman–Crippen LogP) is 2.01. The Balaban J connectivity index is 2.26. The lowest BCUT2D eigenvalue weighted by Gasteiger charge is -2.11. The maximum absolute atomic E-state index is 9.42. The van der Waals surface area contributed by atoms with E-state index in [1.54, 1.807) is 6.92 Å². The van der Waals surface area contributed by atoms with Crippen LogP contribution < -0.4 is 5.73 Å². The molecule has 0 amide bonds. The fourth-order valence-corrected chi connectivity index (χ4v) is 2.20. The summed E-state index contributed by atoms with van der Waals surface area (Å²) in [6, 6.07) is 5.58. The Hall–Kier alpha value is -1.20. The van der Waals surface area contributed by atoms with Gasteiger partial charge >= 0.3 is 0 Å². The van der Waals surface area contributed by atoms with Gasteiger partial charge < -0.3 is 15.8 Å². The maximum atomic E-state index is 9.42. The summed E-state index contributed by atoms with van der Waals surface area (Å²) >= 11 is 1.53. The fourth-order valence-electron chi connectivity index (χ4n) is 1.33. The van der Waals surface area contributed by atoms with E-state index in [-0.39, 0.29) is 11.4 Å². The Bertz CT molecular complexity index is 495. The largest absolute Gasteiger partial charge is 0.399 e. The quantitative estimate of drug-likeness (QED) is 0.564. The number of nitrogen functional groups attached to an aromatic ring is 1. The Morgan fingerprint density at radius 1 is 1.44 bits per heavy atom. The number of hydrogen-bond donors (Lipinski definition) is 3. The van der Waals surface area contributed by atoms with Gasteiger partial charge in [0, 0.05) is 10.9 Å². The minimum atomic E-state index is -0.358. The Morgan fingerprint density at radius 3 is 2.88 bits per heavy atom. The minimum Gasteiger partial charge on any atom is -0.399 e. The monoisotopic (exact) mass is 237 g/mol. The molecule has 16 heavy (non-hydrogen) atoms. The normalized spacial score (nSPS) is 15.2. The van der Waals surface area contributed by atoms with Crippen LogP contribution in [0.1, 0.15) is 13.8 Å². The third kappa shape index (κ3) is 2.31. The van der Waals surface area contributed by atoms with Gasteiger partial charge in [0.25, 0.3) is 0 Å². The highest BCUT2D eigenvalue weighted by atomic mass is 32.2. The van der Waals surface area contributed by atoms with E-state index in [0.717, 1.165) is 21.9 Å². The van der Waals surface area contributed by atoms with Crippen molar-refractivity contribution in [3.05, 3.63) is 18.2 Å². The van der Waals surface area contributed by atoms with Crippen LogP contribution in [0.2, 0.25) is 0 Å². The second-order valence-electron chi connectivity index (χ2n) is 3.88. The molecule has 0 aliphatic carbocycles. The van der Waals surface area contributed by atoms with Crippen molar-refractivity contribution in [1.82, 2.24) is 9.97 Å². The van der Waals surface area contributed by atoms with Gasteiger partial charge in [0.05, 0.1) is 17.1 Å². The predicted molar refractivity (Wildman–Crippen MR) is 67.5 cm³/mol. The number of aromatic nitrogens is 2. The third-order valence-electron chi connectivity index (χ3n) is 2.46. The zero-order valence-corrected chi connectivity index (χ0v) is 10.1. The molecule has 0 saturated carbocycles. The molecule has 5 heteroatoms. The summed E-state index contributed by atoms with van der Waals surface area (Å²) in [4.78, 5) is 7.60. The van der Waals surface area contributed by atoms with Gasteiger partial charge in [0.2, 0.25) is 0 Å². The number of hydrogen-bond acceptors (Lipinski definition) is 4. The molecular formula is C11H15N3OS. The van der Waals surface area contributed by atoms with Crippen LogP contribution in [-0.4, -0.2) is 26.4 Å². The number of thioether (sulfide) groups is 1. The van der Waals surface area contributed by atoms with E-state index in [1.165, 1.54) is 11.8 Å². The molecule has 2 rings (SSSR count). The number of aromatic amines is 1. The highest BCUT2D eigenvalue weighted by Crippen LogP contribution is 2.25. The Morgan fingerprint density at radius 2 is 2.19 bits per heavy atom. The number of rotatable bonds is 3. The summed E-state index contributed by atoms with van der Waals surface area (Å²) in [7, 11) is 0. The standard InChI is InChI=1S/C11H15N3OS/c1-6(15)7(2)16-11-13-9-4-3-8(12)5-10(9)14-11/h3-7,15H,12H2,1-2H3,(H,13,14). The smallest absolute Gasteiger partial charge is 0.166 e. The van der Waals surface area contributed by atoms with E-state index >= 15 is 0 Å². The maximum Gasteiger partial charge on any atom is 0.166 e. The molecule has 1 aromatic heterocycles. The molecule has 0 radical (unpaired) electrons. The van der Waals surface area contributed by atoms with Gasteiger partial charge in [0.15, 0.2) is 5.16 Å². The lowest BCUT2D eigenvalue weighted by molar-refractivity contribution is 0.196. The van der Waals surface area contributed by atoms with Crippen LogP contribution in [0.15, 0.2) is 23.4 Å². The molecular weight excluding hydrogens is 222 g/mol. The number of imidazole rings is 1. The van der Waals surface area contributed by atoms with Crippen LogP contribution in [-0.2, 0) is 0 Å². The fraction of sp³-hybridized carbons (Fsp3) is 0.364. The molecule has 86 valence electrons. The number of anilines is 1. The second-order valence-corrected chi connectivity index (χ2v) is 5.25.